The van der Waals surface area contributed by atoms with Crippen molar-refractivity contribution in [1.29, 1.82) is 0 Å². The molecular weight excluding hydrogens is 366 g/mol. The first-order chi connectivity index (χ1) is 14.0. The van der Waals surface area contributed by atoms with Crippen molar-refractivity contribution in [1.82, 2.24) is 20.3 Å². The molecule has 1 fully saturated rings. The van der Waals surface area contributed by atoms with Gasteiger partial charge in [0, 0.05) is 36.3 Å². The standard InChI is InChI=1S/C22H27N5O2/c1-14-7-9-27(10-8-14)22-25-19(12-21(29)26-22)15(2)24-20(28)11-16-13-23-18-6-4-3-5-17(16)18/h3-6,12-15,23H,7-11H2,1-2H3,(H,24,28)(H,25,26,29)/t15-/m1/s1. The predicted molar refractivity (Wildman–Crippen MR) is 114 cm³/mol. The Morgan fingerprint density at radius 3 is 2.86 bits per heavy atom. The van der Waals surface area contributed by atoms with E-state index in [0.717, 1.165) is 42.4 Å². The van der Waals surface area contributed by atoms with Crippen molar-refractivity contribution in [3.8, 4) is 0 Å². The maximum atomic E-state index is 12.6. The van der Waals surface area contributed by atoms with Gasteiger partial charge in [-0.05, 0) is 37.3 Å². The van der Waals surface area contributed by atoms with Crippen LogP contribution >= 0.6 is 0 Å². The molecule has 2 aromatic heterocycles. The van der Waals surface area contributed by atoms with E-state index in [1.165, 1.54) is 6.07 Å². The third kappa shape index (κ3) is 4.34. The highest BCUT2D eigenvalue weighted by Gasteiger charge is 2.20. The monoisotopic (exact) mass is 393 g/mol. The summed E-state index contributed by atoms with van der Waals surface area (Å²) in [5, 5.41) is 4.02. The molecule has 1 atom stereocenters. The van der Waals surface area contributed by atoms with E-state index in [1.54, 1.807) is 0 Å². The molecule has 3 N–H and O–H groups in total. The fourth-order valence-corrected chi connectivity index (χ4v) is 3.87. The zero-order valence-electron chi connectivity index (χ0n) is 16.9. The smallest absolute Gasteiger partial charge is 0.252 e. The number of aromatic nitrogens is 3. The van der Waals surface area contributed by atoms with Crippen LogP contribution in [-0.2, 0) is 11.2 Å². The zero-order chi connectivity index (χ0) is 20.4. The summed E-state index contributed by atoms with van der Waals surface area (Å²) < 4.78 is 0. The topological polar surface area (TPSA) is 93.9 Å². The Kier molecular flexibility index (Phi) is 5.38. The van der Waals surface area contributed by atoms with Gasteiger partial charge in [-0.2, -0.15) is 0 Å². The lowest BCUT2D eigenvalue weighted by Crippen LogP contribution is -2.36. The number of piperidine rings is 1. The molecule has 1 aliphatic rings. The first-order valence-corrected chi connectivity index (χ1v) is 10.2. The molecule has 0 radical (unpaired) electrons. The summed E-state index contributed by atoms with van der Waals surface area (Å²) in [5.41, 5.74) is 2.35. The van der Waals surface area contributed by atoms with E-state index >= 15 is 0 Å². The van der Waals surface area contributed by atoms with E-state index < -0.39 is 0 Å². The number of anilines is 1. The van der Waals surface area contributed by atoms with Gasteiger partial charge >= 0.3 is 0 Å². The average molecular weight is 393 g/mol. The summed E-state index contributed by atoms with van der Waals surface area (Å²) in [6, 6.07) is 9.03. The highest BCUT2D eigenvalue weighted by atomic mass is 16.1. The summed E-state index contributed by atoms with van der Waals surface area (Å²) in [5.74, 6) is 1.19. The van der Waals surface area contributed by atoms with E-state index in [4.69, 9.17) is 0 Å². The van der Waals surface area contributed by atoms with Crippen LogP contribution in [0.25, 0.3) is 10.9 Å². The molecule has 3 aromatic rings. The maximum Gasteiger partial charge on any atom is 0.252 e. The molecule has 0 aliphatic carbocycles. The molecular formula is C22H27N5O2. The number of amides is 1. The molecule has 0 unspecified atom stereocenters. The van der Waals surface area contributed by atoms with Gasteiger partial charge in [0.15, 0.2) is 0 Å². The van der Waals surface area contributed by atoms with Crippen LogP contribution in [0, 0.1) is 5.92 Å². The van der Waals surface area contributed by atoms with Gasteiger partial charge in [0.05, 0.1) is 18.2 Å². The Morgan fingerprint density at radius 1 is 1.31 bits per heavy atom. The van der Waals surface area contributed by atoms with Crippen molar-refractivity contribution in [3.05, 3.63) is 58.1 Å². The summed E-state index contributed by atoms with van der Waals surface area (Å²) >= 11 is 0. The van der Waals surface area contributed by atoms with Crippen LogP contribution in [0.15, 0.2) is 41.3 Å². The van der Waals surface area contributed by atoms with Gasteiger partial charge < -0.3 is 15.2 Å². The molecule has 1 aliphatic heterocycles. The second kappa shape index (κ2) is 8.11. The second-order valence-corrected chi connectivity index (χ2v) is 7.99. The third-order valence-corrected chi connectivity index (χ3v) is 5.68. The number of nitrogens with zero attached hydrogens (tertiary/aromatic N) is 2. The second-order valence-electron chi connectivity index (χ2n) is 7.99. The minimum Gasteiger partial charge on any atom is -0.361 e. The number of fused-ring (bicyclic) bond motifs is 1. The van der Waals surface area contributed by atoms with Crippen molar-refractivity contribution in [2.45, 2.75) is 39.2 Å². The molecule has 0 saturated carbocycles. The lowest BCUT2D eigenvalue weighted by molar-refractivity contribution is -0.121. The van der Waals surface area contributed by atoms with Crippen LogP contribution in [0.4, 0.5) is 5.95 Å². The molecule has 7 heteroatoms. The maximum absolute atomic E-state index is 12.6. The van der Waals surface area contributed by atoms with Crippen LogP contribution in [-0.4, -0.2) is 33.9 Å². The predicted octanol–water partition coefficient (Wildman–Crippen LogP) is 2.91. The minimum absolute atomic E-state index is 0.0994. The van der Waals surface area contributed by atoms with E-state index in [2.05, 4.69) is 32.1 Å². The molecule has 0 spiro atoms. The van der Waals surface area contributed by atoms with Gasteiger partial charge in [0.1, 0.15) is 0 Å². The van der Waals surface area contributed by atoms with Gasteiger partial charge in [0.2, 0.25) is 11.9 Å². The number of hydrogen-bond acceptors (Lipinski definition) is 4. The van der Waals surface area contributed by atoms with Crippen molar-refractivity contribution in [2.24, 2.45) is 5.92 Å². The van der Waals surface area contributed by atoms with Crippen molar-refractivity contribution >= 4 is 22.8 Å². The number of para-hydroxylation sites is 1. The number of rotatable bonds is 5. The van der Waals surface area contributed by atoms with Crippen LogP contribution in [0.3, 0.4) is 0 Å². The molecule has 0 bridgehead atoms. The lowest BCUT2D eigenvalue weighted by atomic mass is 10.00. The van der Waals surface area contributed by atoms with E-state index in [-0.39, 0.29) is 23.9 Å². The molecule has 152 valence electrons. The largest absolute Gasteiger partial charge is 0.361 e. The normalized spacial score (nSPS) is 16.1. The molecule has 3 heterocycles. The van der Waals surface area contributed by atoms with Gasteiger partial charge in [-0.3, -0.25) is 14.6 Å². The fraction of sp³-hybridized carbons (Fsp3) is 0.409. The van der Waals surface area contributed by atoms with Gasteiger partial charge in [-0.1, -0.05) is 25.1 Å². The van der Waals surface area contributed by atoms with Gasteiger partial charge in [-0.25, -0.2) is 4.98 Å². The number of carbonyl (C=O) groups excluding carboxylic acids is 1. The average Bonchev–Trinajstić information content (AvgIpc) is 3.11. The summed E-state index contributed by atoms with van der Waals surface area (Å²) in [7, 11) is 0. The zero-order valence-corrected chi connectivity index (χ0v) is 16.9. The van der Waals surface area contributed by atoms with E-state index in [9.17, 15) is 9.59 Å². The number of aromatic amines is 2. The van der Waals surface area contributed by atoms with Crippen molar-refractivity contribution < 1.29 is 4.79 Å². The highest BCUT2D eigenvalue weighted by Crippen LogP contribution is 2.21. The number of nitrogens with one attached hydrogen (secondary N) is 3. The van der Waals surface area contributed by atoms with Gasteiger partial charge in [0.25, 0.3) is 5.56 Å². The first-order valence-electron chi connectivity index (χ1n) is 10.2. The Balaban J connectivity index is 1.45. The fourth-order valence-electron chi connectivity index (χ4n) is 3.87. The molecule has 1 aromatic carbocycles. The van der Waals surface area contributed by atoms with Crippen LogP contribution in [0.5, 0.6) is 0 Å². The highest BCUT2D eigenvalue weighted by molar-refractivity contribution is 5.88. The Bertz CT molecular complexity index is 1060. The number of hydrogen-bond donors (Lipinski definition) is 3. The Labute approximate surface area is 169 Å². The van der Waals surface area contributed by atoms with Crippen LogP contribution < -0.4 is 15.8 Å². The third-order valence-electron chi connectivity index (χ3n) is 5.68. The lowest BCUT2D eigenvalue weighted by Gasteiger charge is -2.31. The van der Waals surface area contributed by atoms with E-state index in [1.807, 2.05) is 37.4 Å². The molecule has 1 amide bonds. The van der Waals surface area contributed by atoms with Gasteiger partial charge in [-0.15, -0.1) is 0 Å². The van der Waals surface area contributed by atoms with E-state index in [0.29, 0.717) is 17.6 Å². The molecule has 1 saturated heterocycles. The molecule has 7 nitrogen and oxygen atoms in total. The van der Waals surface area contributed by atoms with Crippen molar-refractivity contribution in [3.63, 3.8) is 0 Å². The summed E-state index contributed by atoms with van der Waals surface area (Å²) in [6.07, 6.45) is 4.32. The van der Waals surface area contributed by atoms with Crippen LogP contribution in [0.2, 0.25) is 0 Å². The SMILES string of the molecule is CC1CCN(c2nc([C@@H](C)NC(=O)Cc3c[nH]c4ccccc34)cc(=O)[nH]2)CC1. The van der Waals surface area contributed by atoms with Crippen molar-refractivity contribution in [2.75, 3.05) is 18.0 Å². The Hall–Kier alpha value is -3.09. The van der Waals surface area contributed by atoms with Crippen LogP contribution in [0.1, 0.15) is 44.0 Å². The summed E-state index contributed by atoms with van der Waals surface area (Å²) in [6.45, 7) is 5.87. The number of H-pyrrole nitrogens is 2. The molecule has 4 rings (SSSR count). The summed E-state index contributed by atoms with van der Waals surface area (Å²) in [4.78, 5) is 37.5. The number of benzene rings is 1. The first kappa shape index (κ1) is 19.2. The molecule has 29 heavy (non-hydrogen) atoms. The minimum atomic E-state index is -0.350. The quantitative estimate of drug-likeness (QED) is 0.621. The number of carbonyl (C=O) groups is 1. The Morgan fingerprint density at radius 2 is 2.07 bits per heavy atom.